The maximum absolute atomic E-state index is 11.8. The van der Waals surface area contributed by atoms with Gasteiger partial charge in [-0.1, -0.05) is 38.1 Å². The summed E-state index contributed by atoms with van der Waals surface area (Å²) < 4.78 is 9.79. The minimum atomic E-state index is -0.473. The molecular formula is C19H24N2O4S. The number of thiazole rings is 1. The molecule has 0 spiro atoms. The molecule has 1 aromatic carbocycles. The van der Waals surface area contributed by atoms with Crippen molar-refractivity contribution in [3.8, 4) is 10.6 Å². The first-order chi connectivity index (χ1) is 12.5. The highest BCUT2D eigenvalue weighted by Crippen LogP contribution is 2.26. The van der Waals surface area contributed by atoms with Gasteiger partial charge in [-0.2, -0.15) is 0 Å². The molecule has 6 nitrogen and oxygen atoms in total. The molecule has 26 heavy (non-hydrogen) atoms. The van der Waals surface area contributed by atoms with Crippen LogP contribution in [0, 0.1) is 0 Å². The topological polar surface area (TPSA) is 77.5 Å². The zero-order valence-corrected chi connectivity index (χ0v) is 16.1. The number of aromatic nitrogens is 1. The Morgan fingerprint density at radius 2 is 1.96 bits per heavy atom. The third-order valence-corrected chi connectivity index (χ3v) is 4.63. The van der Waals surface area contributed by atoms with E-state index < -0.39 is 5.97 Å². The lowest BCUT2D eigenvalue weighted by Gasteiger charge is -2.05. The van der Waals surface area contributed by atoms with Crippen LogP contribution in [0.2, 0.25) is 0 Å². The van der Waals surface area contributed by atoms with Gasteiger partial charge in [0.25, 0.3) is 5.91 Å². The zero-order valence-electron chi connectivity index (χ0n) is 15.3. The van der Waals surface area contributed by atoms with Gasteiger partial charge in [0.05, 0.1) is 18.7 Å². The van der Waals surface area contributed by atoms with Crippen LogP contribution < -0.4 is 5.32 Å². The molecule has 0 bridgehead atoms. The van der Waals surface area contributed by atoms with E-state index >= 15 is 0 Å². The maximum Gasteiger partial charge on any atom is 0.312 e. The number of carbonyl (C=O) groups excluding carboxylic acids is 2. The number of rotatable bonds is 9. The largest absolute Gasteiger partial charge is 0.455 e. The average Bonchev–Trinajstić information content (AvgIpc) is 3.08. The summed E-state index contributed by atoms with van der Waals surface area (Å²) in [5, 5.41) is 5.29. The van der Waals surface area contributed by atoms with Crippen molar-refractivity contribution in [2.24, 2.45) is 0 Å². The Balaban J connectivity index is 1.83. The van der Waals surface area contributed by atoms with Gasteiger partial charge in [-0.05, 0) is 11.5 Å². The van der Waals surface area contributed by atoms with Crippen LogP contribution in [0.25, 0.3) is 10.6 Å². The van der Waals surface area contributed by atoms with E-state index in [4.69, 9.17) is 9.47 Å². The van der Waals surface area contributed by atoms with Gasteiger partial charge in [0.15, 0.2) is 6.61 Å². The lowest BCUT2D eigenvalue weighted by molar-refractivity contribution is -0.147. The highest BCUT2D eigenvalue weighted by molar-refractivity contribution is 7.13. The Morgan fingerprint density at radius 3 is 2.62 bits per heavy atom. The standard InChI is InChI=1S/C19H24N2O4S/c1-13(2)14-4-6-15(7-5-14)19-21-16(12-26-19)10-18(23)25-11-17(22)20-8-9-24-3/h4-7,12-13H,8-11H2,1-3H3,(H,20,22). The monoisotopic (exact) mass is 376 g/mol. The van der Waals surface area contributed by atoms with Crippen molar-refractivity contribution >= 4 is 23.2 Å². The zero-order chi connectivity index (χ0) is 18.9. The van der Waals surface area contributed by atoms with Gasteiger partial charge < -0.3 is 14.8 Å². The summed E-state index contributed by atoms with van der Waals surface area (Å²) in [6, 6.07) is 8.27. The van der Waals surface area contributed by atoms with Crippen molar-refractivity contribution in [2.75, 3.05) is 26.9 Å². The highest BCUT2D eigenvalue weighted by atomic mass is 32.1. The van der Waals surface area contributed by atoms with E-state index in [1.165, 1.54) is 16.9 Å². The summed E-state index contributed by atoms with van der Waals surface area (Å²) in [5.74, 6) is -0.337. The lowest BCUT2D eigenvalue weighted by Crippen LogP contribution is -2.31. The fraction of sp³-hybridized carbons (Fsp3) is 0.421. The van der Waals surface area contributed by atoms with Gasteiger partial charge in [0, 0.05) is 24.6 Å². The van der Waals surface area contributed by atoms with Crippen LogP contribution in [0.5, 0.6) is 0 Å². The maximum atomic E-state index is 11.8. The number of methoxy groups -OCH3 is 1. The Bertz CT molecular complexity index is 725. The Kier molecular flexibility index (Phi) is 7.74. The molecule has 0 atom stereocenters. The number of hydrogen-bond acceptors (Lipinski definition) is 6. The second-order valence-electron chi connectivity index (χ2n) is 6.10. The van der Waals surface area contributed by atoms with E-state index in [2.05, 4.69) is 36.3 Å². The molecule has 1 amide bonds. The number of carbonyl (C=O) groups is 2. The lowest BCUT2D eigenvalue weighted by atomic mass is 10.0. The SMILES string of the molecule is COCCNC(=O)COC(=O)Cc1csc(-c2ccc(C(C)C)cc2)n1. The van der Waals surface area contributed by atoms with Crippen LogP contribution in [-0.4, -0.2) is 43.7 Å². The molecule has 2 aromatic rings. The van der Waals surface area contributed by atoms with Crippen molar-refractivity contribution in [1.82, 2.24) is 10.3 Å². The normalized spacial score (nSPS) is 10.8. The first kappa shape index (κ1) is 20.1. The quantitative estimate of drug-likeness (QED) is 0.538. The summed E-state index contributed by atoms with van der Waals surface area (Å²) in [4.78, 5) is 27.8. The Hall–Kier alpha value is -2.25. The molecular weight excluding hydrogens is 352 g/mol. The van der Waals surface area contributed by atoms with Gasteiger partial charge in [-0.25, -0.2) is 4.98 Å². The van der Waals surface area contributed by atoms with Gasteiger partial charge >= 0.3 is 5.97 Å². The molecule has 0 aliphatic heterocycles. The van der Waals surface area contributed by atoms with Gasteiger partial charge in [0.2, 0.25) is 0 Å². The van der Waals surface area contributed by atoms with E-state index in [1.54, 1.807) is 7.11 Å². The van der Waals surface area contributed by atoms with Crippen LogP contribution in [0.3, 0.4) is 0 Å². The molecule has 0 saturated carbocycles. The van der Waals surface area contributed by atoms with Crippen LogP contribution in [-0.2, 0) is 25.5 Å². The Labute approximate surface area is 157 Å². The predicted molar refractivity (Wildman–Crippen MR) is 101 cm³/mol. The van der Waals surface area contributed by atoms with E-state index in [-0.39, 0.29) is 18.9 Å². The van der Waals surface area contributed by atoms with Gasteiger partial charge in [0.1, 0.15) is 5.01 Å². The van der Waals surface area contributed by atoms with E-state index in [9.17, 15) is 9.59 Å². The number of nitrogens with one attached hydrogen (secondary N) is 1. The van der Waals surface area contributed by atoms with Crippen LogP contribution in [0.4, 0.5) is 0 Å². The number of esters is 1. The number of ether oxygens (including phenoxy) is 2. The van der Waals surface area contributed by atoms with Crippen LogP contribution in [0.15, 0.2) is 29.6 Å². The summed E-state index contributed by atoms with van der Waals surface area (Å²) in [6.07, 6.45) is 0.0475. The average molecular weight is 376 g/mol. The molecule has 1 N–H and O–H groups in total. The minimum absolute atomic E-state index is 0.0475. The first-order valence-corrected chi connectivity index (χ1v) is 9.33. The number of hydrogen-bond donors (Lipinski definition) is 1. The molecule has 2 rings (SSSR count). The molecule has 0 radical (unpaired) electrons. The second kappa shape index (κ2) is 10.0. The molecule has 1 heterocycles. The predicted octanol–water partition coefficient (Wildman–Crippen LogP) is 2.78. The van der Waals surface area contributed by atoms with Crippen molar-refractivity contribution in [1.29, 1.82) is 0 Å². The fourth-order valence-electron chi connectivity index (χ4n) is 2.22. The number of amides is 1. The van der Waals surface area contributed by atoms with E-state index in [0.29, 0.717) is 24.8 Å². The molecule has 0 aliphatic rings. The molecule has 0 saturated heterocycles. The fourth-order valence-corrected chi connectivity index (χ4v) is 3.05. The smallest absolute Gasteiger partial charge is 0.312 e. The summed E-state index contributed by atoms with van der Waals surface area (Å²) in [7, 11) is 1.55. The van der Waals surface area contributed by atoms with Crippen molar-refractivity contribution < 1.29 is 19.1 Å². The van der Waals surface area contributed by atoms with E-state index in [1.807, 2.05) is 17.5 Å². The van der Waals surface area contributed by atoms with Gasteiger partial charge in [-0.3, -0.25) is 9.59 Å². The van der Waals surface area contributed by atoms with Crippen molar-refractivity contribution in [2.45, 2.75) is 26.2 Å². The Morgan fingerprint density at radius 1 is 1.23 bits per heavy atom. The number of nitrogens with zero attached hydrogens (tertiary/aromatic N) is 1. The molecule has 140 valence electrons. The van der Waals surface area contributed by atoms with Gasteiger partial charge in [-0.15, -0.1) is 11.3 Å². The minimum Gasteiger partial charge on any atom is -0.455 e. The molecule has 1 aromatic heterocycles. The molecule has 7 heteroatoms. The summed E-state index contributed by atoms with van der Waals surface area (Å²) in [5.41, 5.74) is 2.94. The van der Waals surface area contributed by atoms with Crippen molar-refractivity contribution in [3.63, 3.8) is 0 Å². The third-order valence-electron chi connectivity index (χ3n) is 3.69. The molecule has 0 fully saturated rings. The third kappa shape index (κ3) is 6.24. The summed E-state index contributed by atoms with van der Waals surface area (Å²) in [6.45, 7) is 4.81. The van der Waals surface area contributed by atoms with Crippen molar-refractivity contribution in [3.05, 3.63) is 40.9 Å². The highest BCUT2D eigenvalue weighted by Gasteiger charge is 2.12. The van der Waals surface area contributed by atoms with E-state index in [0.717, 1.165) is 10.6 Å². The van der Waals surface area contributed by atoms with Crippen LogP contribution >= 0.6 is 11.3 Å². The first-order valence-electron chi connectivity index (χ1n) is 8.45. The second-order valence-corrected chi connectivity index (χ2v) is 6.96. The molecule has 0 aliphatic carbocycles. The molecule has 0 unspecified atom stereocenters. The van der Waals surface area contributed by atoms with Crippen LogP contribution in [0.1, 0.15) is 31.0 Å². The summed E-state index contributed by atoms with van der Waals surface area (Å²) >= 11 is 1.48. The number of benzene rings is 1.